The van der Waals surface area contributed by atoms with Crippen LogP contribution in [0.15, 0.2) is 28.9 Å². The first kappa shape index (κ1) is 10.7. The smallest absolute Gasteiger partial charge is 0.0494 e. The Bertz CT molecular complexity index is 474. The first-order valence-electron chi connectivity index (χ1n) is 5.23. The third-order valence-corrected chi connectivity index (χ3v) is 3.17. The van der Waals surface area contributed by atoms with Crippen LogP contribution in [0.1, 0.15) is 12.5 Å². The molecular formula is C12H15BrN2. The Balaban J connectivity index is 2.64. The minimum absolute atomic E-state index is 0.707. The molecule has 0 radical (unpaired) electrons. The number of nitrogens with two attached hydrogens (primary N) is 1. The number of halogens is 1. The molecule has 0 bridgehead atoms. The van der Waals surface area contributed by atoms with E-state index in [1.54, 1.807) is 0 Å². The lowest BCUT2D eigenvalue weighted by molar-refractivity contribution is 0.790. The van der Waals surface area contributed by atoms with E-state index in [9.17, 15) is 0 Å². The van der Waals surface area contributed by atoms with Crippen molar-refractivity contribution in [1.82, 2.24) is 4.57 Å². The minimum Gasteiger partial charge on any atom is -0.347 e. The molecule has 2 rings (SSSR count). The predicted molar refractivity (Wildman–Crippen MR) is 68.1 cm³/mol. The Morgan fingerprint density at radius 2 is 2.20 bits per heavy atom. The fourth-order valence-corrected chi connectivity index (χ4v) is 2.31. The Morgan fingerprint density at radius 1 is 1.40 bits per heavy atom. The lowest BCUT2D eigenvalue weighted by atomic mass is 10.1. The van der Waals surface area contributed by atoms with E-state index in [1.807, 2.05) is 0 Å². The molecule has 1 aromatic heterocycles. The summed E-state index contributed by atoms with van der Waals surface area (Å²) < 4.78 is 3.40. The predicted octanol–water partition coefficient (Wildman–Crippen LogP) is 2.92. The molecule has 0 fully saturated rings. The lowest BCUT2D eigenvalue weighted by Gasteiger charge is -2.00. The molecule has 15 heavy (non-hydrogen) atoms. The third-order valence-electron chi connectivity index (χ3n) is 2.68. The Labute approximate surface area is 98.2 Å². The lowest BCUT2D eigenvalue weighted by Crippen LogP contribution is -2.02. The highest BCUT2D eigenvalue weighted by atomic mass is 79.9. The molecule has 0 spiro atoms. The Morgan fingerprint density at radius 3 is 2.87 bits per heavy atom. The van der Waals surface area contributed by atoms with E-state index >= 15 is 0 Å². The van der Waals surface area contributed by atoms with Gasteiger partial charge in [0.25, 0.3) is 0 Å². The zero-order valence-corrected chi connectivity index (χ0v) is 10.4. The van der Waals surface area contributed by atoms with Crippen LogP contribution in [0.5, 0.6) is 0 Å². The summed E-state index contributed by atoms with van der Waals surface area (Å²) in [5.41, 5.74) is 8.25. The Kier molecular flexibility index (Phi) is 3.12. The number of rotatable bonds is 3. The summed E-state index contributed by atoms with van der Waals surface area (Å²) >= 11 is 3.51. The van der Waals surface area contributed by atoms with Gasteiger partial charge in [-0.05, 0) is 37.6 Å². The van der Waals surface area contributed by atoms with Gasteiger partial charge in [-0.2, -0.15) is 0 Å². The van der Waals surface area contributed by atoms with Crippen molar-refractivity contribution in [2.45, 2.75) is 19.9 Å². The van der Waals surface area contributed by atoms with Crippen LogP contribution in [0, 0.1) is 0 Å². The van der Waals surface area contributed by atoms with Gasteiger partial charge in [-0.25, -0.2) is 0 Å². The molecular weight excluding hydrogens is 252 g/mol. The molecule has 2 N–H and O–H groups in total. The van der Waals surface area contributed by atoms with Gasteiger partial charge in [0.2, 0.25) is 0 Å². The van der Waals surface area contributed by atoms with E-state index in [0.29, 0.717) is 6.54 Å². The van der Waals surface area contributed by atoms with Gasteiger partial charge in [-0.15, -0.1) is 0 Å². The summed E-state index contributed by atoms with van der Waals surface area (Å²) in [4.78, 5) is 0. The quantitative estimate of drug-likeness (QED) is 0.910. The molecule has 0 aliphatic carbocycles. The molecule has 0 saturated heterocycles. The number of benzene rings is 1. The zero-order chi connectivity index (χ0) is 10.8. The molecule has 0 unspecified atom stereocenters. The second-order valence-corrected chi connectivity index (χ2v) is 4.56. The van der Waals surface area contributed by atoms with Crippen molar-refractivity contribution in [3.8, 4) is 0 Å². The summed E-state index contributed by atoms with van der Waals surface area (Å²) in [7, 11) is 0. The van der Waals surface area contributed by atoms with Gasteiger partial charge in [0.1, 0.15) is 0 Å². The maximum absolute atomic E-state index is 5.61. The molecule has 0 atom stereocenters. The number of nitrogens with zero attached hydrogens (tertiary/aromatic N) is 1. The third kappa shape index (κ3) is 1.94. The fraction of sp³-hybridized carbons (Fsp3) is 0.333. The largest absolute Gasteiger partial charge is 0.347 e. The van der Waals surface area contributed by atoms with Crippen LogP contribution in [0.2, 0.25) is 0 Å². The summed E-state index contributed by atoms with van der Waals surface area (Å²) in [6.45, 7) is 3.86. The van der Waals surface area contributed by atoms with Gasteiger partial charge in [0, 0.05) is 28.1 Å². The summed E-state index contributed by atoms with van der Waals surface area (Å²) in [6, 6.07) is 6.41. The molecule has 2 nitrogen and oxygen atoms in total. The van der Waals surface area contributed by atoms with Gasteiger partial charge < -0.3 is 10.3 Å². The van der Waals surface area contributed by atoms with E-state index in [4.69, 9.17) is 5.73 Å². The van der Waals surface area contributed by atoms with Crippen LogP contribution in [0.3, 0.4) is 0 Å². The Hall–Kier alpha value is -0.800. The first-order chi connectivity index (χ1) is 7.26. The highest BCUT2D eigenvalue weighted by Crippen LogP contribution is 2.25. The maximum Gasteiger partial charge on any atom is 0.0494 e. The summed E-state index contributed by atoms with van der Waals surface area (Å²) in [5.74, 6) is 0. The topological polar surface area (TPSA) is 30.9 Å². The van der Waals surface area contributed by atoms with E-state index in [0.717, 1.165) is 17.4 Å². The average Bonchev–Trinajstić information content (AvgIpc) is 2.56. The van der Waals surface area contributed by atoms with Crippen molar-refractivity contribution < 1.29 is 0 Å². The van der Waals surface area contributed by atoms with Gasteiger partial charge in [0.15, 0.2) is 0 Å². The second kappa shape index (κ2) is 4.37. The monoisotopic (exact) mass is 266 g/mol. The minimum atomic E-state index is 0.707. The van der Waals surface area contributed by atoms with Crippen molar-refractivity contribution in [3.05, 3.63) is 34.4 Å². The van der Waals surface area contributed by atoms with Crippen LogP contribution in [0.4, 0.5) is 0 Å². The second-order valence-electron chi connectivity index (χ2n) is 3.64. The van der Waals surface area contributed by atoms with Gasteiger partial charge >= 0.3 is 0 Å². The average molecular weight is 267 g/mol. The molecule has 0 aliphatic rings. The highest BCUT2D eigenvalue weighted by molar-refractivity contribution is 9.10. The highest BCUT2D eigenvalue weighted by Gasteiger charge is 2.06. The number of aromatic nitrogens is 1. The van der Waals surface area contributed by atoms with Crippen LogP contribution in [-0.4, -0.2) is 11.1 Å². The van der Waals surface area contributed by atoms with Crippen molar-refractivity contribution in [3.63, 3.8) is 0 Å². The van der Waals surface area contributed by atoms with Gasteiger partial charge in [-0.1, -0.05) is 22.0 Å². The van der Waals surface area contributed by atoms with Crippen molar-refractivity contribution in [1.29, 1.82) is 0 Å². The summed E-state index contributed by atoms with van der Waals surface area (Å²) in [5, 5.41) is 1.32. The SMILES string of the molecule is CCn1cc(CCN)c2ccc(Br)cc21. The molecule has 2 aromatic rings. The van der Waals surface area contributed by atoms with Crippen LogP contribution >= 0.6 is 15.9 Å². The molecule has 0 aliphatic heterocycles. The van der Waals surface area contributed by atoms with Crippen molar-refractivity contribution in [2.24, 2.45) is 5.73 Å². The maximum atomic E-state index is 5.61. The normalized spacial score (nSPS) is 11.1. The fourth-order valence-electron chi connectivity index (χ4n) is 1.96. The van der Waals surface area contributed by atoms with Crippen molar-refractivity contribution >= 4 is 26.8 Å². The molecule has 1 aromatic carbocycles. The van der Waals surface area contributed by atoms with E-state index in [1.165, 1.54) is 16.5 Å². The van der Waals surface area contributed by atoms with Crippen molar-refractivity contribution in [2.75, 3.05) is 6.54 Å². The molecule has 0 saturated carbocycles. The molecule has 0 amide bonds. The van der Waals surface area contributed by atoms with E-state index in [2.05, 4.69) is 51.8 Å². The van der Waals surface area contributed by atoms with Gasteiger partial charge in [0.05, 0.1) is 0 Å². The van der Waals surface area contributed by atoms with Crippen LogP contribution in [-0.2, 0) is 13.0 Å². The summed E-state index contributed by atoms with van der Waals surface area (Å²) in [6.07, 6.45) is 3.16. The number of fused-ring (bicyclic) bond motifs is 1. The van der Waals surface area contributed by atoms with Crippen LogP contribution < -0.4 is 5.73 Å². The standard InChI is InChI=1S/C12H15BrN2/c1-2-15-8-9(5-6-14)11-4-3-10(13)7-12(11)15/h3-4,7-8H,2,5-6,14H2,1H3. The first-order valence-corrected chi connectivity index (χ1v) is 6.03. The zero-order valence-electron chi connectivity index (χ0n) is 8.83. The number of hydrogen-bond acceptors (Lipinski definition) is 1. The molecule has 3 heteroatoms. The van der Waals surface area contributed by atoms with E-state index < -0.39 is 0 Å². The molecule has 80 valence electrons. The van der Waals surface area contributed by atoms with Crippen LogP contribution in [0.25, 0.3) is 10.9 Å². The number of hydrogen-bond donors (Lipinski definition) is 1. The molecule has 1 heterocycles. The van der Waals surface area contributed by atoms with E-state index in [-0.39, 0.29) is 0 Å². The van der Waals surface area contributed by atoms with Gasteiger partial charge in [-0.3, -0.25) is 0 Å². The number of aryl methyl sites for hydroxylation is 1.